The van der Waals surface area contributed by atoms with Crippen LogP contribution >= 0.6 is 0 Å². The van der Waals surface area contributed by atoms with Crippen molar-refractivity contribution in [2.24, 2.45) is 0 Å². The molecule has 28 valence electrons. The Morgan fingerprint density at radius 1 is 1.00 bits per heavy atom. The van der Waals surface area contributed by atoms with Crippen molar-refractivity contribution in [1.29, 1.82) is 0 Å². The van der Waals surface area contributed by atoms with Gasteiger partial charge in [-0.1, -0.05) is 24.3 Å². The summed E-state index contributed by atoms with van der Waals surface area (Å²) in [4.78, 5) is 0. The van der Waals surface area contributed by atoms with Gasteiger partial charge in [-0.2, -0.15) is 0 Å². The van der Waals surface area contributed by atoms with Gasteiger partial charge in [-0.15, -0.1) is 0 Å². The first kappa shape index (κ1) is 6.74. The molecule has 0 N–H and O–H groups in total. The topological polar surface area (TPSA) is 0 Å². The summed E-state index contributed by atoms with van der Waals surface area (Å²) in [5.74, 6) is 0. The van der Waals surface area contributed by atoms with Gasteiger partial charge in [0.05, 0.1) is 0 Å². The smallest absolute Gasteiger partial charge is 0 e. The normalized spacial score (nSPS) is 14.7. The number of allylic oxidation sites excluding steroid dienone is 4. The molecule has 1 rings (SSSR count). The van der Waals surface area contributed by atoms with Gasteiger partial charge in [0.2, 0.25) is 0 Å². The van der Waals surface area contributed by atoms with Crippen LogP contribution in [0.1, 0.15) is 6.42 Å². The molecule has 0 atom stereocenters. The monoisotopic (exact) mass is 106 g/mol. The molecule has 0 aliphatic heterocycles. The minimum absolute atomic E-state index is 0. The van der Waals surface area contributed by atoms with E-state index >= 15 is 0 Å². The zero-order valence-corrected chi connectivity index (χ0v) is 5.93. The predicted molar refractivity (Wildman–Crippen MR) is 28.7 cm³/mol. The SMILES string of the molecule is C1=CCC=C1.[Ca]. The largest absolute Gasteiger partial charge is 0.0808 e. The fraction of sp³-hybridized carbons (Fsp3) is 0.200. The summed E-state index contributed by atoms with van der Waals surface area (Å²) in [6.45, 7) is 0. The van der Waals surface area contributed by atoms with Gasteiger partial charge in [-0.05, 0) is 6.42 Å². The fourth-order valence-corrected chi connectivity index (χ4v) is 0.393. The minimum Gasteiger partial charge on any atom is -0.0808 e. The van der Waals surface area contributed by atoms with Gasteiger partial charge in [-0.25, -0.2) is 0 Å². The molecule has 1 heteroatoms. The van der Waals surface area contributed by atoms with E-state index in [2.05, 4.69) is 24.3 Å². The van der Waals surface area contributed by atoms with Crippen molar-refractivity contribution in [3.8, 4) is 0 Å². The van der Waals surface area contributed by atoms with E-state index in [0.717, 1.165) is 6.42 Å². The maximum atomic E-state index is 2.12. The summed E-state index contributed by atoms with van der Waals surface area (Å²) in [6, 6.07) is 0. The summed E-state index contributed by atoms with van der Waals surface area (Å²) < 4.78 is 0. The van der Waals surface area contributed by atoms with E-state index in [1.165, 1.54) is 0 Å². The molecule has 6 heavy (non-hydrogen) atoms. The molecule has 1 aliphatic carbocycles. The molecule has 0 nitrogen and oxygen atoms in total. The molecule has 0 fully saturated rings. The third-order valence-corrected chi connectivity index (χ3v) is 0.655. The van der Waals surface area contributed by atoms with Gasteiger partial charge in [0.15, 0.2) is 0 Å². The van der Waals surface area contributed by atoms with Gasteiger partial charge < -0.3 is 0 Å². The van der Waals surface area contributed by atoms with Crippen LogP contribution in [0.2, 0.25) is 0 Å². The summed E-state index contributed by atoms with van der Waals surface area (Å²) in [6.07, 6.45) is 9.50. The van der Waals surface area contributed by atoms with Crippen molar-refractivity contribution >= 4 is 37.7 Å². The van der Waals surface area contributed by atoms with Gasteiger partial charge in [0.1, 0.15) is 0 Å². The van der Waals surface area contributed by atoms with Gasteiger partial charge >= 0.3 is 0 Å². The van der Waals surface area contributed by atoms with Crippen molar-refractivity contribution in [1.82, 2.24) is 0 Å². The quantitative estimate of drug-likeness (QED) is 0.406. The predicted octanol–water partition coefficient (Wildman–Crippen LogP) is 1.12. The first-order chi connectivity index (χ1) is 2.50. The first-order valence-corrected chi connectivity index (χ1v) is 1.82. The maximum absolute atomic E-state index is 2.12. The van der Waals surface area contributed by atoms with E-state index in [1.807, 2.05) is 0 Å². The Bertz CT molecular complexity index is 62.0. The van der Waals surface area contributed by atoms with Gasteiger partial charge in [0, 0.05) is 37.7 Å². The van der Waals surface area contributed by atoms with Crippen LogP contribution in [0.4, 0.5) is 0 Å². The average Bonchev–Trinajstić information content (AvgIpc) is 1.76. The molecule has 0 heterocycles. The van der Waals surface area contributed by atoms with E-state index in [1.54, 1.807) is 0 Å². The Balaban J connectivity index is 0.000000250. The van der Waals surface area contributed by atoms with Crippen molar-refractivity contribution < 1.29 is 0 Å². The van der Waals surface area contributed by atoms with Crippen LogP contribution in [-0.2, 0) is 0 Å². The number of rotatable bonds is 0. The average molecular weight is 106 g/mol. The molecule has 0 aromatic carbocycles. The molecule has 0 unspecified atom stereocenters. The Kier molecular flexibility index (Phi) is 4.40. The molecule has 0 bridgehead atoms. The van der Waals surface area contributed by atoms with E-state index in [-0.39, 0.29) is 37.7 Å². The number of hydrogen-bond acceptors (Lipinski definition) is 0. The third-order valence-electron chi connectivity index (χ3n) is 0.655. The van der Waals surface area contributed by atoms with Gasteiger partial charge in [-0.3, -0.25) is 0 Å². The summed E-state index contributed by atoms with van der Waals surface area (Å²) in [5.41, 5.74) is 0. The number of hydrogen-bond donors (Lipinski definition) is 0. The van der Waals surface area contributed by atoms with Crippen molar-refractivity contribution in [3.05, 3.63) is 24.3 Å². The first-order valence-electron chi connectivity index (χ1n) is 1.82. The fourth-order valence-electron chi connectivity index (χ4n) is 0.393. The van der Waals surface area contributed by atoms with Gasteiger partial charge in [0.25, 0.3) is 0 Å². The Morgan fingerprint density at radius 3 is 1.67 bits per heavy atom. The molecular formula is C5H6Ca. The van der Waals surface area contributed by atoms with E-state index in [0.29, 0.717) is 0 Å². The van der Waals surface area contributed by atoms with Crippen molar-refractivity contribution in [3.63, 3.8) is 0 Å². The second-order valence-corrected chi connectivity index (χ2v) is 1.09. The maximum Gasteiger partial charge on any atom is 0 e. The third kappa shape index (κ3) is 2.01. The van der Waals surface area contributed by atoms with E-state index < -0.39 is 0 Å². The second kappa shape index (κ2) is 3.91. The molecule has 0 saturated carbocycles. The summed E-state index contributed by atoms with van der Waals surface area (Å²) >= 11 is 0. The Hall–Kier alpha value is 0.740. The van der Waals surface area contributed by atoms with Crippen LogP contribution in [0.25, 0.3) is 0 Å². The zero-order valence-electron chi connectivity index (χ0n) is 3.72. The second-order valence-electron chi connectivity index (χ2n) is 1.09. The standard InChI is InChI=1S/C5H6.Ca/c1-2-4-5-3-1;/h1-4H,5H2;. The zero-order chi connectivity index (χ0) is 3.54. The van der Waals surface area contributed by atoms with Crippen LogP contribution in [0.15, 0.2) is 24.3 Å². The van der Waals surface area contributed by atoms with Crippen LogP contribution in [0.3, 0.4) is 0 Å². The molecule has 0 saturated heterocycles. The van der Waals surface area contributed by atoms with Crippen molar-refractivity contribution in [2.75, 3.05) is 0 Å². The van der Waals surface area contributed by atoms with E-state index in [9.17, 15) is 0 Å². The van der Waals surface area contributed by atoms with Crippen LogP contribution < -0.4 is 0 Å². The molecule has 0 spiro atoms. The van der Waals surface area contributed by atoms with Crippen LogP contribution in [0, 0.1) is 0 Å². The van der Waals surface area contributed by atoms with E-state index in [4.69, 9.17) is 0 Å². The summed E-state index contributed by atoms with van der Waals surface area (Å²) in [5, 5.41) is 0. The Labute approximate surface area is 67.9 Å². The molecule has 0 aromatic heterocycles. The molecule has 0 amide bonds. The molecule has 1 aliphatic rings. The minimum atomic E-state index is 0. The summed E-state index contributed by atoms with van der Waals surface area (Å²) in [7, 11) is 0. The Morgan fingerprint density at radius 2 is 1.50 bits per heavy atom. The molecule has 0 aromatic rings. The molecular weight excluding hydrogens is 100 g/mol. The van der Waals surface area contributed by atoms with Crippen LogP contribution in [0.5, 0.6) is 0 Å². The van der Waals surface area contributed by atoms with Crippen molar-refractivity contribution in [2.45, 2.75) is 6.42 Å². The van der Waals surface area contributed by atoms with Crippen LogP contribution in [-0.4, -0.2) is 37.7 Å². The molecule has 2 radical (unpaired) electrons.